The van der Waals surface area contributed by atoms with E-state index in [1.54, 1.807) is 48.5 Å². The number of rotatable bonds is 7. The van der Waals surface area contributed by atoms with E-state index in [9.17, 15) is 18.0 Å². The lowest BCUT2D eigenvalue weighted by Crippen LogP contribution is -2.46. The summed E-state index contributed by atoms with van der Waals surface area (Å²) in [7, 11) is -3.56. The predicted molar refractivity (Wildman–Crippen MR) is 119 cm³/mol. The van der Waals surface area contributed by atoms with Crippen LogP contribution in [-0.2, 0) is 14.8 Å². The number of amides is 3. The highest BCUT2D eigenvalue weighted by atomic mass is 32.2. The molecule has 2 aromatic rings. The quantitative estimate of drug-likeness (QED) is 0.608. The van der Waals surface area contributed by atoms with Gasteiger partial charge >= 0.3 is 6.03 Å². The van der Waals surface area contributed by atoms with Crippen molar-refractivity contribution in [2.24, 2.45) is 5.92 Å². The molecule has 1 atom stereocenters. The van der Waals surface area contributed by atoms with Crippen molar-refractivity contribution in [3.05, 3.63) is 60.2 Å². The van der Waals surface area contributed by atoms with E-state index in [0.717, 1.165) is 24.9 Å². The molecule has 0 spiro atoms. The maximum absolute atomic E-state index is 12.5. The fourth-order valence-electron chi connectivity index (χ4n) is 3.54. The van der Waals surface area contributed by atoms with E-state index in [1.807, 2.05) is 17.9 Å². The molecule has 1 fully saturated rings. The predicted octanol–water partition coefficient (Wildman–Crippen LogP) is 2.33. The molecule has 166 valence electrons. The number of para-hydroxylation sites is 1. The average molecular weight is 445 g/mol. The molecule has 0 bridgehead atoms. The number of anilines is 1. The van der Waals surface area contributed by atoms with Crippen molar-refractivity contribution >= 4 is 27.6 Å². The first kappa shape index (κ1) is 22.9. The van der Waals surface area contributed by atoms with E-state index >= 15 is 0 Å². The number of carbonyl (C=O) groups excluding carboxylic acids is 2. The van der Waals surface area contributed by atoms with Crippen LogP contribution in [-0.4, -0.2) is 51.4 Å². The van der Waals surface area contributed by atoms with E-state index in [1.165, 1.54) is 0 Å². The van der Waals surface area contributed by atoms with Crippen LogP contribution in [0.15, 0.2) is 59.5 Å². The highest BCUT2D eigenvalue weighted by molar-refractivity contribution is 7.89. The van der Waals surface area contributed by atoms with Gasteiger partial charge in [0.25, 0.3) is 0 Å². The zero-order valence-electron chi connectivity index (χ0n) is 17.5. The summed E-state index contributed by atoms with van der Waals surface area (Å²) < 4.78 is 27.6. The summed E-state index contributed by atoms with van der Waals surface area (Å²) in [5.41, 5.74) is 1.60. The second-order valence-electron chi connectivity index (χ2n) is 7.78. The Hall–Kier alpha value is -2.75. The number of imide groups is 1. The second kappa shape index (κ2) is 10.5. The van der Waals surface area contributed by atoms with Crippen LogP contribution in [0.3, 0.4) is 0 Å². The number of likely N-dealkylation sites (tertiary alicyclic amines) is 1. The van der Waals surface area contributed by atoms with Gasteiger partial charge in [-0.25, -0.2) is 17.9 Å². The third-order valence-electron chi connectivity index (χ3n) is 5.15. The number of hydrogen-bond acceptors (Lipinski definition) is 5. The number of sulfonamides is 1. The molecule has 0 radical (unpaired) electrons. The molecule has 1 aliphatic rings. The average Bonchev–Trinajstić information content (AvgIpc) is 2.73. The van der Waals surface area contributed by atoms with Crippen molar-refractivity contribution in [1.82, 2.24) is 14.9 Å². The molecule has 9 heteroatoms. The maximum Gasteiger partial charge on any atom is 0.325 e. The molecule has 3 rings (SSSR count). The van der Waals surface area contributed by atoms with Crippen molar-refractivity contribution in [2.45, 2.75) is 24.7 Å². The minimum atomic E-state index is -3.56. The molecular weight excluding hydrogens is 416 g/mol. The number of carbonyl (C=O) groups is 2. The Balaban J connectivity index is 1.45. The number of nitrogens with one attached hydrogen (secondary N) is 3. The van der Waals surface area contributed by atoms with Crippen molar-refractivity contribution in [3.8, 4) is 0 Å². The lowest BCUT2D eigenvalue weighted by molar-refractivity contribution is -0.121. The van der Waals surface area contributed by atoms with Gasteiger partial charge in [0.1, 0.15) is 0 Å². The topological polar surface area (TPSA) is 108 Å². The molecule has 1 unspecified atom stereocenters. The fraction of sp³-hybridized carbons (Fsp3) is 0.364. The summed E-state index contributed by atoms with van der Waals surface area (Å²) in [6, 6.07) is 15.0. The number of piperidine rings is 1. The molecule has 2 aromatic carbocycles. The van der Waals surface area contributed by atoms with Gasteiger partial charge < -0.3 is 5.32 Å². The standard InChI is InChI=1S/C22H28N4O4S/c1-17-9-11-20(12-10-17)31(29,30)23-14-18-6-5-13-26(15-18)16-21(27)25-22(28)24-19-7-3-2-4-8-19/h2-4,7-12,18,23H,5-6,13-16H2,1H3,(H2,24,25,27,28). The van der Waals surface area contributed by atoms with Gasteiger partial charge in [-0.1, -0.05) is 35.9 Å². The molecule has 1 heterocycles. The van der Waals surface area contributed by atoms with E-state index in [0.29, 0.717) is 18.8 Å². The monoisotopic (exact) mass is 444 g/mol. The second-order valence-corrected chi connectivity index (χ2v) is 9.54. The molecule has 31 heavy (non-hydrogen) atoms. The lowest BCUT2D eigenvalue weighted by atomic mass is 9.98. The van der Waals surface area contributed by atoms with Crippen LogP contribution >= 0.6 is 0 Å². The van der Waals surface area contributed by atoms with Gasteiger partial charge in [-0.3, -0.25) is 15.0 Å². The van der Waals surface area contributed by atoms with Crippen molar-refractivity contribution < 1.29 is 18.0 Å². The van der Waals surface area contributed by atoms with Crippen LogP contribution in [0.25, 0.3) is 0 Å². The minimum Gasteiger partial charge on any atom is -0.308 e. The Morgan fingerprint density at radius 1 is 1.06 bits per heavy atom. The van der Waals surface area contributed by atoms with Crippen LogP contribution < -0.4 is 15.4 Å². The molecule has 0 aliphatic carbocycles. The fourth-order valence-corrected chi connectivity index (χ4v) is 4.66. The zero-order chi connectivity index (χ0) is 22.3. The lowest BCUT2D eigenvalue weighted by Gasteiger charge is -2.32. The number of hydrogen-bond donors (Lipinski definition) is 3. The smallest absolute Gasteiger partial charge is 0.308 e. The Bertz CT molecular complexity index is 994. The number of nitrogens with zero attached hydrogens (tertiary/aromatic N) is 1. The molecule has 3 amide bonds. The highest BCUT2D eigenvalue weighted by Gasteiger charge is 2.24. The summed E-state index contributed by atoms with van der Waals surface area (Å²) in [6.45, 7) is 3.62. The van der Waals surface area contributed by atoms with E-state index in [4.69, 9.17) is 0 Å². The van der Waals surface area contributed by atoms with Gasteiger partial charge in [0.2, 0.25) is 15.9 Å². The minimum absolute atomic E-state index is 0.0867. The Kier molecular flexibility index (Phi) is 7.78. The third kappa shape index (κ3) is 7.16. The molecule has 0 saturated carbocycles. The van der Waals surface area contributed by atoms with Gasteiger partial charge in [0.05, 0.1) is 11.4 Å². The van der Waals surface area contributed by atoms with Gasteiger partial charge in [-0.15, -0.1) is 0 Å². The number of benzene rings is 2. The summed E-state index contributed by atoms with van der Waals surface area (Å²) in [5.74, 6) is -0.297. The summed E-state index contributed by atoms with van der Waals surface area (Å²) in [4.78, 5) is 26.4. The van der Waals surface area contributed by atoms with Gasteiger partial charge in [-0.2, -0.15) is 0 Å². The van der Waals surface area contributed by atoms with Gasteiger partial charge in [0, 0.05) is 18.8 Å². The summed E-state index contributed by atoms with van der Waals surface area (Å²) in [5, 5.41) is 4.94. The summed E-state index contributed by atoms with van der Waals surface area (Å²) >= 11 is 0. The Labute approximate surface area is 183 Å². The van der Waals surface area contributed by atoms with Gasteiger partial charge in [-0.05, 0) is 56.5 Å². The maximum atomic E-state index is 12.5. The Morgan fingerprint density at radius 3 is 2.48 bits per heavy atom. The van der Waals surface area contributed by atoms with Crippen LogP contribution in [0.1, 0.15) is 18.4 Å². The van der Waals surface area contributed by atoms with E-state index < -0.39 is 22.0 Å². The first-order valence-electron chi connectivity index (χ1n) is 10.3. The first-order valence-corrected chi connectivity index (χ1v) is 11.7. The van der Waals surface area contributed by atoms with Crippen molar-refractivity contribution in [3.63, 3.8) is 0 Å². The van der Waals surface area contributed by atoms with E-state index in [2.05, 4.69) is 15.4 Å². The molecule has 8 nitrogen and oxygen atoms in total. The largest absolute Gasteiger partial charge is 0.325 e. The number of urea groups is 1. The van der Waals surface area contributed by atoms with E-state index in [-0.39, 0.29) is 17.4 Å². The molecule has 0 aromatic heterocycles. The van der Waals surface area contributed by atoms with Crippen LogP contribution in [0.4, 0.5) is 10.5 Å². The zero-order valence-corrected chi connectivity index (χ0v) is 18.3. The van der Waals surface area contributed by atoms with Gasteiger partial charge in [0.15, 0.2) is 0 Å². The van der Waals surface area contributed by atoms with Crippen molar-refractivity contribution in [1.29, 1.82) is 0 Å². The SMILES string of the molecule is Cc1ccc(S(=O)(=O)NCC2CCCN(CC(=O)NC(=O)Nc3ccccc3)C2)cc1. The normalized spacial score (nSPS) is 17.1. The van der Waals surface area contributed by atoms with Crippen LogP contribution in [0, 0.1) is 12.8 Å². The highest BCUT2D eigenvalue weighted by Crippen LogP contribution is 2.17. The van der Waals surface area contributed by atoms with Crippen LogP contribution in [0.5, 0.6) is 0 Å². The molecule has 3 N–H and O–H groups in total. The molecular formula is C22H28N4O4S. The molecule has 1 saturated heterocycles. The third-order valence-corrected chi connectivity index (χ3v) is 6.59. The Morgan fingerprint density at radius 2 is 1.77 bits per heavy atom. The molecule has 1 aliphatic heterocycles. The first-order chi connectivity index (χ1) is 14.8. The number of aryl methyl sites for hydroxylation is 1. The van der Waals surface area contributed by atoms with Crippen LogP contribution in [0.2, 0.25) is 0 Å². The summed E-state index contributed by atoms with van der Waals surface area (Å²) in [6.07, 6.45) is 1.74. The van der Waals surface area contributed by atoms with Crippen molar-refractivity contribution in [2.75, 3.05) is 31.5 Å².